The van der Waals surface area contributed by atoms with E-state index in [4.69, 9.17) is 4.42 Å². The first-order chi connectivity index (χ1) is 9.68. The molecule has 0 unspecified atom stereocenters. The maximum absolute atomic E-state index is 11.7. The van der Waals surface area contributed by atoms with E-state index in [2.05, 4.69) is 5.32 Å². The van der Waals surface area contributed by atoms with Crippen molar-refractivity contribution in [3.05, 3.63) is 54.5 Å². The molecule has 1 heterocycles. The molecule has 20 heavy (non-hydrogen) atoms. The van der Waals surface area contributed by atoms with Crippen LogP contribution in [0.2, 0.25) is 0 Å². The molecule has 1 aromatic heterocycles. The van der Waals surface area contributed by atoms with E-state index >= 15 is 0 Å². The van der Waals surface area contributed by atoms with Crippen molar-refractivity contribution in [2.75, 3.05) is 18.0 Å². The van der Waals surface area contributed by atoms with Gasteiger partial charge >= 0.3 is 0 Å². The first-order valence-corrected chi connectivity index (χ1v) is 6.33. The zero-order valence-electron chi connectivity index (χ0n) is 11.2. The molecule has 0 bridgehead atoms. The van der Waals surface area contributed by atoms with Gasteiger partial charge in [-0.15, -0.1) is 0 Å². The molecular weight excluding hydrogens is 256 g/mol. The molecular formula is C15H16N2O3. The van der Waals surface area contributed by atoms with Gasteiger partial charge in [-0.1, -0.05) is 18.2 Å². The van der Waals surface area contributed by atoms with E-state index in [1.54, 1.807) is 17.0 Å². The predicted molar refractivity (Wildman–Crippen MR) is 75.5 cm³/mol. The first-order valence-electron chi connectivity index (χ1n) is 6.33. The Morgan fingerprint density at radius 3 is 2.50 bits per heavy atom. The Labute approximate surface area is 117 Å². The lowest BCUT2D eigenvalue weighted by Gasteiger charge is -2.21. The highest BCUT2D eigenvalue weighted by atomic mass is 16.3. The molecule has 0 fully saturated rings. The molecule has 0 radical (unpaired) electrons. The highest BCUT2D eigenvalue weighted by molar-refractivity contribution is 5.92. The largest absolute Gasteiger partial charge is 0.459 e. The molecule has 1 aromatic carbocycles. The zero-order valence-corrected chi connectivity index (χ0v) is 11.2. The van der Waals surface area contributed by atoms with Crippen molar-refractivity contribution in [3.63, 3.8) is 0 Å². The summed E-state index contributed by atoms with van der Waals surface area (Å²) < 4.78 is 4.99. The Morgan fingerprint density at radius 2 is 1.90 bits per heavy atom. The molecule has 0 spiro atoms. The second kappa shape index (κ2) is 6.56. The smallest absolute Gasteiger partial charge is 0.287 e. The van der Waals surface area contributed by atoms with Gasteiger partial charge < -0.3 is 14.6 Å². The van der Waals surface area contributed by atoms with Crippen LogP contribution in [-0.2, 0) is 4.79 Å². The molecule has 1 N–H and O–H groups in total. The van der Waals surface area contributed by atoms with Gasteiger partial charge in [-0.2, -0.15) is 0 Å². The standard InChI is InChI=1S/C15H16N2O3/c1-12(18)17(13-6-3-2-4-7-13)10-9-16-15(19)14-8-5-11-20-14/h2-8,11H,9-10H2,1H3,(H,16,19). The Bertz CT molecular complexity index is 564. The van der Waals surface area contributed by atoms with Gasteiger partial charge in [0.05, 0.1) is 6.26 Å². The van der Waals surface area contributed by atoms with E-state index in [1.165, 1.54) is 13.2 Å². The van der Waals surface area contributed by atoms with Crippen molar-refractivity contribution in [1.29, 1.82) is 0 Å². The number of carbonyl (C=O) groups excluding carboxylic acids is 2. The van der Waals surface area contributed by atoms with Crippen molar-refractivity contribution in [3.8, 4) is 0 Å². The number of hydrogen-bond donors (Lipinski definition) is 1. The van der Waals surface area contributed by atoms with Crippen LogP contribution in [0.3, 0.4) is 0 Å². The molecule has 0 saturated heterocycles. The average Bonchev–Trinajstić information content (AvgIpc) is 2.98. The summed E-state index contributed by atoms with van der Waals surface area (Å²) in [6.07, 6.45) is 1.45. The first kappa shape index (κ1) is 13.9. The Balaban J connectivity index is 1.91. The van der Waals surface area contributed by atoms with E-state index in [9.17, 15) is 9.59 Å². The summed E-state index contributed by atoms with van der Waals surface area (Å²) in [6, 6.07) is 12.6. The summed E-state index contributed by atoms with van der Waals surface area (Å²) in [4.78, 5) is 24.9. The fourth-order valence-electron chi connectivity index (χ4n) is 1.85. The van der Waals surface area contributed by atoms with Crippen LogP contribution in [0.5, 0.6) is 0 Å². The van der Waals surface area contributed by atoms with Crippen molar-refractivity contribution >= 4 is 17.5 Å². The van der Waals surface area contributed by atoms with Crippen molar-refractivity contribution in [2.24, 2.45) is 0 Å². The Hall–Kier alpha value is -2.56. The van der Waals surface area contributed by atoms with Gasteiger partial charge in [-0.25, -0.2) is 0 Å². The lowest BCUT2D eigenvalue weighted by molar-refractivity contribution is -0.116. The molecule has 2 rings (SSSR count). The molecule has 0 aliphatic carbocycles. The second-order valence-electron chi connectivity index (χ2n) is 4.24. The number of carbonyl (C=O) groups is 2. The number of para-hydroxylation sites is 1. The molecule has 0 atom stereocenters. The number of benzene rings is 1. The molecule has 5 nitrogen and oxygen atoms in total. The van der Waals surface area contributed by atoms with Crippen LogP contribution in [0.15, 0.2) is 53.1 Å². The number of anilines is 1. The third-order valence-electron chi connectivity index (χ3n) is 2.81. The summed E-state index contributed by atoms with van der Waals surface area (Å²) in [5, 5.41) is 2.71. The molecule has 0 saturated carbocycles. The van der Waals surface area contributed by atoms with Crippen molar-refractivity contribution in [1.82, 2.24) is 5.32 Å². The van der Waals surface area contributed by atoms with Gasteiger partial charge in [0.1, 0.15) is 0 Å². The summed E-state index contributed by atoms with van der Waals surface area (Å²) in [6.45, 7) is 2.27. The minimum atomic E-state index is -0.286. The van der Waals surface area contributed by atoms with Gasteiger partial charge in [-0.05, 0) is 24.3 Å². The molecule has 5 heteroatoms. The minimum Gasteiger partial charge on any atom is -0.459 e. The van der Waals surface area contributed by atoms with Gasteiger partial charge in [0.15, 0.2) is 5.76 Å². The second-order valence-corrected chi connectivity index (χ2v) is 4.24. The maximum Gasteiger partial charge on any atom is 0.287 e. The SMILES string of the molecule is CC(=O)N(CCNC(=O)c1ccco1)c1ccccc1. The normalized spacial score (nSPS) is 10.1. The van der Waals surface area contributed by atoms with Crippen LogP contribution in [-0.4, -0.2) is 24.9 Å². The molecule has 0 aliphatic heterocycles. The van der Waals surface area contributed by atoms with Crippen molar-refractivity contribution in [2.45, 2.75) is 6.92 Å². The Morgan fingerprint density at radius 1 is 1.15 bits per heavy atom. The lowest BCUT2D eigenvalue weighted by Crippen LogP contribution is -2.37. The summed E-state index contributed by atoms with van der Waals surface area (Å²) in [7, 11) is 0. The number of amides is 2. The van der Waals surface area contributed by atoms with Gasteiger partial charge in [0.2, 0.25) is 5.91 Å². The predicted octanol–water partition coefficient (Wildman–Crippen LogP) is 2.06. The number of nitrogens with zero attached hydrogens (tertiary/aromatic N) is 1. The van der Waals surface area contributed by atoms with Crippen LogP contribution in [0.25, 0.3) is 0 Å². The number of hydrogen-bond acceptors (Lipinski definition) is 3. The maximum atomic E-state index is 11.7. The quantitative estimate of drug-likeness (QED) is 0.906. The third kappa shape index (κ3) is 3.47. The zero-order chi connectivity index (χ0) is 14.4. The van der Waals surface area contributed by atoms with Crippen LogP contribution in [0.1, 0.15) is 17.5 Å². The van der Waals surface area contributed by atoms with E-state index in [1.807, 2.05) is 30.3 Å². The number of nitrogens with one attached hydrogen (secondary N) is 1. The van der Waals surface area contributed by atoms with E-state index in [0.29, 0.717) is 13.1 Å². The Kier molecular flexibility index (Phi) is 4.55. The third-order valence-corrected chi connectivity index (χ3v) is 2.81. The topological polar surface area (TPSA) is 62.6 Å². The van der Waals surface area contributed by atoms with E-state index in [-0.39, 0.29) is 17.6 Å². The van der Waals surface area contributed by atoms with Gasteiger partial charge in [0, 0.05) is 25.7 Å². The minimum absolute atomic E-state index is 0.0663. The van der Waals surface area contributed by atoms with E-state index in [0.717, 1.165) is 5.69 Å². The number of rotatable bonds is 5. The fourth-order valence-corrected chi connectivity index (χ4v) is 1.85. The van der Waals surface area contributed by atoms with Crippen LogP contribution < -0.4 is 10.2 Å². The summed E-state index contributed by atoms with van der Waals surface area (Å²) >= 11 is 0. The van der Waals surface area contributed by atoms with Crippen LogP contribution in [0.4, 0.5) is 5.69 Å². The molecule has 104 valence electrons. The van der Waals surface area contributed by atoms with Gasteiger partial charge in [-0.3, -0.25) is 9.59 Å². The highest BCUT2D eigenvalue weighted by Gasteiger charge is 2.12. The van der Waals surface area contributed by atoms with Crippen LogP contribution >= 0.6 is 0 Å². The number of furan rings is 1. The monoisotopic (exact) mass is 272 g/mol. The van der Waals surface area contributed by atoms with E-state index < -0.39 is 0 Å². The summed E-state index contributed by atoms with van der Waals surface area (Å²) in [5.74, 6) is -0.0888. The molecule has 0 aliphatic rings. The average molecular weight is 272 g/mol. The van der Waals surface area contributed by atoms with Crippen molar-refractivity contribution < 1.29 is 14.0 Å². The fraction of sp³-hybridized carbons (Fsp3) is 0.200. The summed E-state index contributed by atoms with van der Waals surface area (Å²) in [5.41, 5.74) is 0.812. The lowest BCUT2D eigenvalue weighted by atomic mass is 10.3. The molecule has 2 amide bonds. The highest BCUT2D eigenvalue weighted by Crippen LogP contribution is 2.12. The molecule has 2 aromatic rings. The van der Waals surface area contributed by atoms with Crippen LogP contribution in [0, 0.1) is 0 Å². The van der Waals surface area contributed by atoms with Gasteiger partial charge in [0.25, 0.3) is 5.91 Å².